The van der Waals surface area contributed by atoms with E-state index in [1.54, 1.807) is 0 Å². The highest BCUT2D eigenvalue weighted by molar-refractivity contribution is 5.14. The van der Waals surface area contributed by atoms with Crippen molar-refractivity contribution in [3.8, 4) is 0 Å². The van der Waals surface area contributed by atoms with E-state index in [0.29, 0.717) is 6.04 Å². The monoisotopic (exact) mass is 249 g/mol. The van der Waals surface area contributed by atoms with Gasteiger partial charge in [-0.2, -0.15) is 0 Å². The molecular weight excluding hydrogens is 226 g/mol. The fourth-order valence-corrected chi connectivity index (χ4v) is 3.43. The van der Waals surface area contributed by atoms with Crippen LogP contribution in [-0.2, 0) is 11.8 Å². The zero-order chi connectivity index (χ0) is 12.6. The first-order chi connectivity index (χ1) is 8.71. The molecule has 1 atom stereocenters. The molecule has 1 aromatic rings. The lowest BCUT2D eigenvalue weighted by Crippen LogP contribution is -2.54. The summed E-state index contributed by atoms with van der Waals surface area (Å²) in [5, 5.41) is 3.65. The van der Waals surface area contributed by atoms with Crippen LogP contribution >= 0.6 is 0 Å². The number of nitrogens with zero attached hydrogens (tertiary/aromatic N) is 2. The quantitative estimate of drug-likeness (QED) is 0.827. The molecule has 4 nitrogen and oxygen atoms in total. The SMILES string of the molecule is CC1CCC2(CC1)OCCNC2c1cncn1C. The van der Waals surface area contributed by atoms with Crippen LogP contribution in [0.2, 0.25) is 0 Å². The normalized spacial score (nSPS) is 37.0. The first-order valence-corrected chi connectivity index (χ1v) is 7.05. The topological polar surface area (TPSA) is 39.1 Å². The van der Waals surface area contributed by atoms with E-state index >= 15 is 0 Å². The molecule has 1 aliphatic heterocycles. The minimum atomic E-state index is -0.00144. The van der Waals surface area contributed by atoms with Crippen molar-refractivity contribution < 1.29 is 4.74 Å². The molecule has 18 heavy (non-hydrogen) atoms. The molecule has 1 unspecified atom stereocenters. The van der Waals surface area contributed by atoms with Gasteiger partial charge in [0.1, 0.15) is 0 Å². The molecule has 0 radical (unpaired) electrons. The second kappa shape index (κ2) is 4.67. The van der Waals surface area contributed by atoms with Crippen LogP contribution < -0.4 is 5.32 Å². The summed E-state index contributed by atoms with van der Waals surface area (Å²) in [6.45, 7) is 4.12. The molecule has 1 spiro atoms. The lowest BCUT2D eigenvalue weighted by atomic mass is 9.74. The van der Waals surface area contributed by atoms with Crippen molar-refractivity contribution in [2.75, 3.05) is 13.2 Å². The highest BCUT2D eigenvalue weighted by Crippen LogP contribution is 2.44. The van der Waals surface area contributed by atoms with E-state index in [9.17, 15) is 0 Å². The molecule has 100 valence electrons. The third kappa shape index (κ3) is 1.97. The van der Waals surface area contributed by atoms with Crippen LogP contribution in [0.1, 0.15) is 44.3 Å². The first kappa shape index (κ1) is 12.2. The molecule has 2 heterocycles. The summed E-state index contributed by atoms with van der Waals surface area (Å²) < 4.78 is 8.36. The summed E-state index contributed by atoms with van der Waals surface area (Å²) in [5.41, 5.74) is 1.25. The van der Waals surface area contributed by atoms with Crippen molar-refractivity contribution in [3.05, 3.63) is 18.2 Å². The van der Waals surface area contributed by atoms with Gasteiger partial charge in [0, 0.05) is 19.8 Å². The fourth-order valence-electron chi connectivity index (χ4n) is 3.43. The Kier molecular flexibility index (Phi) is 3.16. The van der Waals surface area contributed by atoms with Gasteiger partial charge in [-0.15, -0.1) is 0 Å². The van der Waals surface area contributed by atoms with Crippen LogP contribution in [-0.4, -0.2) is 28.3 Å². The molecule has 2 fully saturated rings. The Morgan fingerprint density at radius 3 is 2.89 bits per heavy atom. The minimum absolute atomic E-state index is 0.00144. The van der Waals surface area contributed by atoms with Crippen molar-refractivity contribution in [3.63, 3.8) is 0 Å². The van der Waals surface area contributed by atoms with Crippen molar-refractivity contribution in [2.45, 2.75) is 44.2 Å². The molecule has 4 heteroatoms. The molecule has 1 N–H and O–H groups in total. The van der Waals surface area contributed by atoms with Gasteiger partial charge in [-0.05, 0) is 31.6 Å². The number of morpholine rings is 1. The Morgan fingerprint density at radius 2 is 2.22 bits per heavy atom. The summed E-state index contributed by atoms with van der Waals surface area (Å²) in [5.74, 6) is 0.841. The number of aromatic nitrogens is 2. The number of aryl methyl sites for hydroxylation is 1. The molecule has 0 aromatic carbocycles. The van der Waals surface area contributed by atoms with Gasteiger partial charge in [0.25, 0.3) is 0 Å². The summed E-state index contributed by atoms with van der Waals surface area (Å²) in [7, 11) is 2.07. The van der Waals surface area contributed by atoms with E-state index < -0.39 is 0 Å². The number of nitrogens with one attached hydrogen (secondary N) is 1. The van der Waals surface area contributed by atoms with Gasteiger partial charge in [0.2, 0.25) is 0 Å². The van der Waals surface area contributed by atoms with Gasteiger partial charge in [-0.25, -0.2) is 4.98 Å². The van der Waals surface area contributed by atoms with E-state index in [1.807, 2.05) is 12.5 Å². The largest absolute Gasteiger partial charge is 0.372 e. The zero-order valence-corrected chi connectivity index (χ0v) is 11.4. The van der Waals surface area contributed by atoms with Crippen LogP contribution in [0.5, 0.6) is 0 Å². The maximum absolute atomic E-state index is 6.24. The lowest BCUT2D eigenvalue weighted by Gasteiger charge is -2.48. The van der Waals surface area contributed by atoms with E-state index in [0.717, 1.165) is 31.9 Å². The molecule has 1 aliphatic carbocycles. The highest BCUT2D eigenvalue weighted by atomic mass is 16.5. The van der Waals surface area contributed by atoms with Gasteiger partial charge in [-0.3, -0.25) is 0 Å². The van der Waals surface area contributed by atoms with Gasteiger partial charge in [0.15, 0.2) is 0 Å². The molecule has 1 saturated carbocycles. The smallest absolute Gasteiger partial charge is 0.0946 e. The number of hydrogen-bond donors (Lipinski definition) is 1. The predicted molar refractivity (Wildman–Crippen MR) is 70.3 cm³/mol. The first-order valence-electron chi connectivity index (χ1n) is 7.05. The third-order valence-electron chi connectivity index (χ3n) is 4.64. The van der Waals surface area contributed by atoms with Crippen LogP contribution in [0.3, 0.4) is 0 Å². The average Bonchev–Trinajstić information content (AvgIpc) is 2.80. The summed E-state index contributed by atoms with van der Waals surface area (Å²) in [6.07, 6.45) is 8.73. The van der Waals surface area contributed by atoms with E-state index in [-0.39, 0.29) is 5.60 Å². The number of imidazole rings is 1. The summed E-state index contributed by atoms with van der Waals surface area (Å²) in [6, 6.07) is 0.297. The molecular formula is C14H23N3O. The fraction of sp³-hybridized carbons (Fsp3) is 0.786. The second-order valence-corrected chi connectivity index (χ2v) is 5.91. The van der Waals surface area contributed by atoms with Crippen LogP contribution in [0.15, 0.2) is 12.5 Å². The van der Waals surface area contributed by atoms with Crippen LogP contribution in [0.25, 0.3) is 0 Å². The van der Waals surface area contributed by atoms with E-state index in [2.05, 4.69) is 28.8 Å². The van der Waals surface area contributed by atoms with Gasteiger partial charge < -0.3 is 14.6 Å². The average molecular weight is 249 g/mol. The predicted octanol–water partition coefficient (Wildman–Crippen LogP) is 2.03. The van der Waals surface area contributed by atoms with Crippen molar-refractivity contribution in [2.24, 2.45) is 13.0 Å². The Hall–Kier alpha value is -0.870. The number of rotatable bonds is 1. The van der Waals surface area contributed by atoms with Gasteiger partial charge in [-0.1, -0.05) is 6.92 Å². The molecule has 1 saturated heterocycles. The standard InChI is InChI=1S/C14H23N3O/c1-11-3-5-14(6-4-11)13(16-7-8-18-14)12-9-15-10-17(12)2/h9-11,13,16H,3-8H2,1-2H3. The van der Waals surface area contributed by atoms with Crippen LogP contribution in [0.4, 0.5) is 0 Å². The minimum Gasteiger partial charge on any atom is -0.372 e. The summed E-state index contributed by atoms with van der Waals surface area (Å²) in [4.78, 5) is 4.26. The molecule has 3 rings (SSSR count). The van der Waals surface area contributed by atoms with Crippen molar-refractivity contribution >= 4 is 0 Å². The maximum Gasteiger partial charge on any atom is 0.0946 e. The van der Waals surface area contributed by atoms with Gasteiger partial charge >= 0.3 is 0 Å². The third-order valence-corrected chi connectivity index (χ3v) is 4.64. The number of hydrogen-bond acceptors (Lipinski definition) is 3. The van der Waals surface area contributed by atoms with Gasteiger partial charge in [0.05, 0.1) is 30.3 Å². The Labute approximate surface area is 109 Å². The number of ether oxygens (including phenoxy) is 1. The Bertz CT molecular complexity index is 407. The van der Waals surface area contributed by atoms with Crippen LogP contribution in [0, 0.1) is 5.92 Å². The summed E-state index contributed by atoms with van der Waals surface area (Å²) >= 11 is 0. The second-order valence-electron chi connectivity index (χ2n) is 5.91. The van der Waals surface area contributed by atoms with E-state index in [4.69, 9.17) is 4.74 Å². The highest BCUT2D eigenvalue weighted by Gasteiger charge is 2.45. The Morgan fingerprint density at radius 1 is 1.44 bits per heavy atom. The van der Waals surface area contributed by atoms with Crippen molar-refractivity contribution in [1.29, 1.82) is 0 Å². The Balaban J connectivity index is 1.88. The van der Waals surface area contributed by atoms with E-state index in [1.165, 1.54) is 18.5 Å². The lowest BCUT2D eigenvalue weighted by molar-refractivity contribution is -0.126. The maximum atomic E-state index is 6.24. The zero-order valence-electron chi connectivity index (χ0n) is 11.4. The van der Waals surface area contributed by atoms with Crippen molar-refractivity contribution in [1.82, 2.24) is 14.9 Å². The molecule has 1 aromatic heterocycles. The molecule has 0 amide bonds. The molecule has 2 aliphatic rings. The molecule has 0 bridgehead atoms.